The molecule has 1 aromatic heterocycles. The van der Waals surface area contributed by atoms with Crippen molar-refractivity contribution in [1.29, 1.82) is 0 Å². The summed E-state index contributed by atoms with van der Waals surface area (Å²) in [5.74, 6) is -0.573. The van der Waals surface area contributed by atoms with Crippen molar-refractivity contribution in [3.63, 3.8) is 0 Å². The molecule has 29 heavy (non-hydrogen) atoms. The van der Waals surface area contributed by atoms with Gasteiger partial charge in [-0.05, 0) is 48.0 Å². The molecule has 0 unspecified atom stereocenters. The average molecular weight is 409 g/mol. The molecule has 7 heteroatoms. The third kappa shape index (κ3) is 3.67. The number of hydrogen-bond donors (Lipinski definition) is 0. The maximum atomic E-state index is 12.8. The Morgan fingerprint density at radius 3 is 2.55 bits per heavy atom. The molecule has 4 rings (SSSR count). The fourth-order valence-electron chi connectivity index (χ4n) is 3.33. The van der Waals surface area contributed by atoms with Crippen LogP contribution in [0.25, 0.3) is 0 Å². The first-order valence-electron chi connectivity index (χ1n) is 8.96. The van der Waals surface area contributed by atoms with Crippen molar-refractivity contribution in [2.24, 2.45) is 0 Å². The Morgan fingerprint density at radius 1 is 1.03 bits per heavy atom. The van der Waals surface area contributed by atoms with Gasteiger partial charge < -0.3 is 9.32 Å². The third-order valence-corrected chi connectivity index (χ3v) is 5.00. The van der Waals surface area contributed by atoms with Crippen molar-refractivity contribution in [2.45, 2.75) is 13.1 Å². The van der Waals surface area contributed by atoms with E-state index >= 15 is 0 Å². The molecule has 2 heterocycles. The Bertz CT molecular complexity index is 1110. The molecular weight excluding hydrogens is 392 g/mol. The van der Waals surface area contributed by atoms with E-state index in [0.717, 1.165) is 10.5 Å². The van der Waals surface area contributed by atoms with Gasteiger partial charge in [-0.3, -0.25) is 19.3 Å². The highest BCUT2D eigenvalue weighted by Gasteiger charge is 2.36. The van der Waals surface area contributed by atoms with Crippen molar-refractivity contribution >= 4 is 29.3 Å². The fourth-order valence-corrected chi connectivity index (χ4v) is 3.54. The zero-order valence-corrected chi connectivity index (χ0v) is 16.3. The number of carbonyl (C=O) groups excluding carboxylic acids is 3. The second-order valence-corrected chi connectivity index (χ2v) is 7.26. The summed E-state index contributed by atoms with van der Waals surface area (Å²) < 4.78 is 5.23. The SMILES string of the molecule is CN(Cc1cccc(Cl)c1)C(=O)c1ccc2c(c1)C(=O)N(Cc1ccco1)C2=O. The maximum absolute atomic E-state index is 12.8. The zero-order valence-electron chi connectivity index (χ0n) is 15.6. The molecule has 6 nitrogen and oxygen atoms in total. The number of halogens is 1. The third-order valence-electron chi connectivity index (χ3n) is 4.77. The Balaban J connectivity index is 1.54. The standard InChI is InChI=1S/C22H17ClN2O4/c1-24(12-14-4-2-5-16(23)10-14)20(26)15-7-8-18-19(11-15)22(28)25(21(18)27)13-17-6-3-9-29-17/h2-11H,12-13H2,1H3. The molecule has 0 saturated carbocycles. The minimum atomic E-state index is -0.437. The molecule has 3 aromatic rings. The lowest BCUT2D eigenvalue weighted by atomic mass is 10.0. The molecule has 1 aliphatic rings. The summed E-state index contributed by atoms with van der Waals surface area (Å²) in [5, 5.41) is 0.599. The lowest BCUT2D eigenvalue weighted by Gasteiger charge is -2.17. The molecule has 0 radical (unpaired) electrons. The molecule has 146 valence electrons. The van der Waals surface area contributed by atoms with Gasteiger partial charge in [-0.25, -0.2) is 0 Å². The van der Waals surface area contributed by atoms with E-state index in [1.54, 1.807) is 37.4 Å². The lowest BCUT2D eigenvalue weighted by molar-refractivity contribution is 0.0631. The van der Waals surface area contributed by atoms with Gasteiger partial charge in [-0.2, -0.15) is 0 Å². The van der Waals surface area contributed by atoms with Crippen LogP contribution in [0.3, 0.4) is 0 Å². The summed E-state index contributed by atoms with van der Waals surface area (Å²) in [6.07, 6.45) is 1.49. The normalized spacial score (nSPS) is 13.0. The summed E-state index contributed by atoms with van der Waals surface area (Å²) in [6.45, 7) is 0.422. The van der Waals surface area contributed by atoms with Gasteiger partial charge in [0.1, 0.15) is 5.76 Å². The first-order valence-corrected chi connectivity index (χ1v) is 9.34. The van der Waals surface area contributed by atoms with E-state index in [-0.39, 0.29) is 23.6 Å². The van der Waals surface area contributed by atoms with Gasteiger partial charge in [-0.15, -0.1) is 0 Å². The molecule has 3 amide bonds. The second kappa shape index (κ2) is 7.56. The first kappa shape index (κ1) is 19.0. The van der Waals surface area contributed by atoms with Gasteiger partial charge >= 0.3 is 0 Å². The zero-order chi connectivity index (χ0) is 20.5. The van der Waals surface area contributed by atoms with E-state index in [1.807, 2.05) is 12.1 Å². The smallest absolute Gasteiger partial charge is 0.261 e. The molecule has 2 aromatic carbocycles. The number of fused-ring (bicyclic) bond motifs is 1. The predicted molar refractivity (Wildman–Crippen MR) is 107 cm³/mol. The highest BCUT2D eigenvalue weighted by molar-refractivity contribution is 6.30. The number of imide groups is 1. The van der Waals surface area contributed by atoms with Gasteiger partial charge in [0, 0.05) is 24.2 Å². The summed E-state index contributed by atoms with van der Waals surface area (Å²) >= 11 is 6.00. The quantitative estimate of drug-likeness (QED) is 0.598. The summed E-state index contributed by atoms with van der Waals surface area (Å²) in [7, 11) is 1.67. The molecule has 0 aliphatic carbocycles. The van der Waals surface area contributed by atoms with Crippen LogP contribution in [0.4, 0.5) is 0 Å². The number of carbonyl (C=O) groups is 3. The van der Waals surface area contributed by atoms with Crippen molar-refractivity contribution in [1.82, 2.24) is 9.80 Å². The van der Waals surface area contributed by atoms with Gasteiger partial charge in [0.15, 0.2) is 0 Å². The summed E-state index contributed by atoms with van der Waals surface area (Å²) in [5.41, 5.74) is 1.75. The monoisotopic (exact) mass is 408 g/mol. The van der Waals surface area contributed by atoms with Crippen LogP contribution in [0, 0.1) is 0 Å². The van der Waals surface area contributed by atoms with Crippen LogP contribution in [0.5, 0.6) is 0 Å². The Hall–Kier alpha value is -3.38. The largest absolute Gasteiger partial charge is 0.467 e. The molecule has 0 saturated heterocycles. The van der Waals surface area contributed by atoms with Crippen LogP contribution in [0.1, 0.15) is 42.4 Å². The number of nitrogens with zero attached hydrogens (tertiary/aromatic N) is 2. The Morgan fingerprint density at radius 2 is 1.83 bits per heavy atom. The highest BCUT2D eigenvalue weighted by Crippen LogP contribution is 2.26. The van der Waals surface area contributed by atoms with Crippen molar-refractivity contribution in [3.05, 3.63) is 93.9 Å². The van der Waals surface area contributed by atoms with Crippen molar-refractivity contribution < 1.29 is 18.8 Å². The molecule has 0 spiro atoms. The van der Waals surface area contributed by atoms with Crippen LogP contribution >= 0.6 is 11.6 Å². The van der Waals surface area contributed by atoms with Crippen molar-refractivity contribution in [2.75, 3.05) is 7.05 Å². The number of rotatable bonds is 5. The Labute approximate surface area is 172 Å². The van der Waals surface area contributed by atoms with Gasteiger partial charge in [0.05, 0.1) is 23.9 Å². The molecule has 0 N–H and O–H groups in total. The van der Waals surface area contributed by atoms with Crippen LogP contribution in [-0.2, 0) is 13.1 Å². The van der Waals surface area contributed by atoms with Gasteiger partial charge in [0.25, 0.3) is 17.7 Å². The summed E-state index contributed by atoms with van der Waals surface area (Å²) in [4.78, 5) is 40.8. The molecular formula is C22H17ClN2O4. The average Bonchev–Trinajstić information content (AvgIpc) is 3.30. The number of hydrogen-bond acceptors (Lipinski definition) is 4. The topological polar surface area (TPSA) is 70.8 Å². The maximum Gasteiger partial charge on any atom is 0.261 e. The molecule has 1 aliphatic heterocycles. The van der Waals surface area contributed by atoms with E-state index in [0.29, 0.717) is 22.9 Å². The first-order chi connectivity index (χ1) is 13.9. The van der Waals surface area contributed by atoms with Crippen LogP contribution in [-0.4, -0.2) is 34.6 Å². The van der Waals surface area contributed by atoms with E-state index < -0.39 is 11.8 Å². The fraction of sp³-hybridized carbons (Fsp3) is 0.136. The van der Waals surface area contributed by atoms with E-state index in [9.17, 15) is 14.4 Å². The van der Waals surface area contributed by atoms with Crippen LogP contribution < -0.4 is 0 Å². The van der Waals surface area contributed by atoms with Gasteiger partial charge in [0.2, 0.25) is 0 Å². The number of amides is 3. The molecule has 0 atom stereocenters. The van der Waals surface area contributed by atoms with Crippen molar-refractivity contribution in [3.8, 4) is 0 Å². The predicted octanol–water partition coefficient (Wildman–Crippen LogP) is 4.00. The second-order valence-electron chi connectivity index (χ2n) is 6.83. The number of furan rings is 1. The minimum Gasteiger partial charge on any atom is -0.467 e. The summed E-state index contributed by atoms with van der Waals surface area (Å²) in [6, 6.07) is 15.2. The lowest BCUT2D eigenvalue weighted by Crippen LogP contribution is -2.29. The van der Waals surface area contributed by atoms with Crippen LogP contribution in [0.2, 0.25) is 5.02 Å². The minimum absolute atomic E-state index is 0.0529. The van der Waals surface area contributed by atoms with E-state index in [1.165, 1.54) is 23.3 Å². The van der Waals surface area contributed by atoms with E-state index in [2.05, 4.69) is 0 Å². The molecule has 0 bridgehead atoms. The van der Waals surface area contributed by atoms with Gasteiger partial charge in [-0.1, -0.05) is 23.7 Å². The van der Waals surface area contributed by atoms with E-state index in [4.69, 9.17) is 16.0 Å². The molecule has 0 fully saturated rings. The highest BCUT2D eigenvalue weighted by atomic mass is 35.5. The number of benzene rings is 2. The Kier molecular flexibility index (Phi) is 4.94. The van der Waals surface area contributed by atoms with Crippen LogP contribution in [0.15, 0.2) is 65.3 Å².